The fourth-order valence-electron chi connectivity index (χ4n) is 2.26. The fraction of sp³-hybridized carbons (Fsp3) is 0.294. The van der Waals surface area contributed by atoms with Crippen LogP contribution in [0.3, 0.4) is 0 Å². The topological polar surface area (TPSA) is 47.6 Å². The third-order valence-electron chi connectivity index (χ3n) is 3.29. The molecule has 1 atom stereocenters. The number of anilines is 1. The maximum absolute atomic E-state index is 13.3. The van der Waals surface area contributed by atoms with E-state index in [9.17, 15) is 8.96 Å². The monoisotopic (exact) mass is 371 g/mol. The summed E-state index contributed by atoms with van der Waals surface area (Å²) in [6.45, 7) is 3.92. The van der Waals surface area contributed by atoms with Gasteiger partial charge in [-0.1, -0.05) is 35.9 Å². The van der Waals surface area contributed by atoms with Gasteiger partial charge >= 0.3 is 7.60 Å². The van der Waals surface area contributed by atoms with Crippen molar-refractivity contribution >= 4 is 24.9 Å². The number of nitrogens with one attached hydrogen (secondary N) is 1. The summed E-state index contributed by atoms with van der Waals surface area (Å²) in [5.41, 5.74) is 1.18. The molecule has 0 aromatic heterocycles. The Bertz CT molecular complexity index is 701. The number of para-hydroxylation sites is 1. The van der Waals surface area contributed by atoms with Gasteiger partial charge in [0.15, 0.2) is 5.78 Å². The van der Waals surface area contributed by atoms with Gasteiger partial charge in [-0.2, -0.15) is 0 Å². The summed E-state index contributed by atoms with van der Waals surface area (Å²) in [7, 11) is -3.54. The Hall–Kier alpha value is -1.39. The van der Waals surface area contributed by atoms with Gasteiger partial charge < -0.3 is 14.4 Å². The minimum Gasteiger partial charge on any atom is -0.367 e. The van der Waals surface area contributed by atoms with Crippen LogP contribution in [0.25, 0.3) is 0 Å². The van der Waals surface area contributed by atoms with E-state index in [-0.39, 0.29) is 19.0 Å². The van der Waals surface area contributed by atoms with Crippen molar-refractivity contribution in [1.29, 1.82) is 0 Å². The van der Waals surface area contributed by atoms with Crippen LogP contribution in [0.1, 0.15) is 25.2 Å². The van der Waals surface area contributed by atoms with Crippen LogP contribution in [0, 0.1) is 5.82 Å². The molecule has 0 aliphatic heterocycles. The number of hydrogen-bond donors (Lipinski definition) is 1. The first-order valence-electron chi connectivity index (χ1n) is 7.65. The molecule has 0 saturated carbocycles. The average Bonchev–Trinajstić information content (AvgIpc) is 2.55. The van der Waals surface area contributed by atoms with Crippen molar-refractivity contribution in [3.05, 3.63) is 64.9 Å². The summed E-state index contributed by atoms with van der Waals surface area (Å²) in [5.74, 6) is -1.18. The second kappa shape index (κ2) is 8.63. The summed E-state index contributed by atoms with van der Waals surface area (Å²) in [6, 6.07) is 12.8. The second-order valence-corrected chi connectivity index (χ2v) is 7.47. The van der Waals surface area contributed by atoms with Crippen LogP contribution < -0.4 is 5.32 Å². The summed E-state index contributed by atoms with van der Waals surface area (Å²) < 4.78 is 37.5. The predicted molar refractivity (Wildman–Crippen MR) is 95.1 cm³/mol. The minimum atomic E-state index is -3.54. The highest BCUT2D eigenvalue weighted by Crippen LogP contribution is 2.61. The van der Waals surface area contributed by atoms with E-state index in [2.05, 4.69) is 5.32 Å². The lowest BCUT2D eigenvalue weighted by Crippen LogP contribution is -2.15. The molecule has 1 N–H and O–H groups in total. The van der Waals surface area contributed by atoms with Gasteiger partial charge in [-0.25, -0.2) is 4.39 Å². The molecule has 0 aliphatic rings. The lowest BCUT2D eigenvalue weighted by atomic mass is 10.2. The molecule has 7 heteroatoms. The van der Waals surface area contributed by atoms with E-state index in [1.807, 2.05) is 6.07 Å². The predicted octanol–water partition coefficient (Wildman–Crippen LogP) is 5.86. The molecule has 4 nitrogen and oxygen atoms in total. The molecular weight excluding hydrogens is 352 g/mol. The SMILES string of the molecule is CCOP(=O)(OCC)C(Nc1ccccc1Cl)c1ccc(F)cc1. The van der Waals surface area contributed by atoms with Gasteiger partial charge in [0, 0.05) is 0 Å². The zero-order chi connectivity index (χ0) is 17.6. The second-order valence-electron chi connectivity index (χ2n) is 4.95. The van der Waals surface area contributed by atoms with E-state index in [0.717, 1.165) is 0 Å². The summed E-state index contributed by atoms with van der Waals surface area (Å²) in [5, 5.41) is 3.60. The van der Waals surface area contributed by atoms with E-state index in [4.69, 9.17) is 20.6 Å². The van der Waals surface area contributed by atoms with Gasteiger partial charge in [0.1, 0.15) is 5.82 Å². The van der Waals surface area contributed by atoms with Crippen LogP contribution in [0.2, 0.25) is 5.02 Å². The van der Waals surface area contributed by atoms with Crippen LogP contribution in [-0.2, 0) is 13.6 Å². The molecular formula is C17H20ClFNO3P. The maximum Gasteiger partial charge on any atom is 0.357 e. The maximum atomic E-state index is 13.3. The van der Waals surface area contributed by atoms with Crippen LogP contribution in [-0.4, -0.2) is 13.2 Å². The Morgan fingerprint density at radius 3 is 2.21 bits per heavy atom. The van der Waals surface area contributed by atoms with Gasteiger partial charge in [0.05, 0.1) is 23.9 Å². The van der Waals surface area contributed by atoms with Crippen molar-refractivity contribution in [2.75, 3.05) is 18.5 Å². The first-order chi connectivity index (χ1) is 11.5. The van der Waals surface area contributed by atoms with Crippen molar-refractivity contribution in [3.8, 4) is 0 Å². The highest BCUT2D eigenvalue weighted by Gasteiger charge is 2.37. The quantitative estimate of drug-likeness (QED) is 0.591. The molecule has 0 spiro atoms. The molecule has 0 bridgehead atoms. The van der Waals surface area contributed by atoms with Crippen LogP contribution in [0.15, 0.2) is 48.5 Å². The first kappa shape index (κ1) is 18.9. The van der Waals surface area contributed by atoms with Crippen LogP contribution >= 0.6 is 19.2 Å². The Balaban J connectivity index is 2.46. The standard InChI is InChI=1S/C17H20ClFNO3P/c1-3-22-24(21,23-4-2)17(13-9-11-14(19)12-10-13)20-16-8-6-5-7-15(16)18/h5-12,17,20H,3-4H2,1-2H3. The molecule has 2 aromatic rings. The summed E-state index contributed by atoms with van der Waals surface area (Å²) >= 11 is 6.19. The molecule has 2 rings (SSSR count). The third kappa shape index (κ3) is 4.58. The van der Waals surface area contributed by atoms with E-state index < -0.39 is 13.4 Å². The molecule has 2 aromatic carbocycles. The van der Waals surface area contributed by atoms with Crippen LogP contribution in [0.5, 0.6) is 0 Å². The minimum absolute atomic E-state index is 0.221. The van der Waals surface area contributed by atoms with Crippen molar-refractivity contribution in [1.82, 2.24) is 0 Å². The molecule has 0 fully saturated rings. The highest BCUT2D eigenvalue weighted by molar-refractivity contribution is 7.54. The van der Waals surface area contributed by atoms with Crippen molar-refractivity contribution in [2.24, 2.45) is 0 Å². The Kier molecular flexibility index (Phi) is 6.81. The Morgan fingerprint density at radius 2 is 1.67 bits per heavy atom. The molecule has 0 aliphatic carbocycles. The van der Waals surface area contributed by atoms with Crippen molar-refractivity contribution < 1.29 is 18.0 Å². The smallest absolute Gasteiger partial charge is 0.357 e. The Labute approximate surface area is 146 Å². The molecule has 130 valence electrons. The molecule has 0 saturated heterocycles. The zero-order valence-electron chi connectivity index (χ0n) is 13.5. The van der Waals surface area contributed by atoms with E-state index >= 15 is 0 Å². The number of rotatable bonds is 8. The fourth-order valence-corrected chi connectivity index (χ4v) is 4.38. The van der Waals surface area contributed by atoms with Gasteiger partial charge in [0.25, 0.3) is 0 Å². The van der Waals surface area contributed by atoms with Crippen LogP contribution in [0.4, 0.5) is 10.1 Å². The van der Waals surface area contributed by atoms with E-state index in [1.54, 1.807) is 44.2 Å². The third-order valence-corrected chi connectivity index (χ3v) is 5.91. The average molecular weight is 372 g/mol. The molecule has 24 heavy (non-hydrogen) atoms. The molecule has 0 amide bonds. The molecule has 0 radical (unpaired) electrons. The largest absolute Gasteiger partial charge is 0.367 e. The Morgan fingerprint density at radius 1 is 1.08 bits per heavy atom. The van der Waals surface area contributed by atoms with Gasteiger partial charge in [-0.15, -0.1) is 0 Å². The van der Waals surface area contributed by atoms with Gasteiger partial charge in [-0.05, 0) is 43.7 Å². The van der Waals surface area contributed by atoms with E-state index in [0.29, 0.717) is 16.3 Å². The zero-order valence-corrected chi connectivity index (χ0v) is 15.2. The van der Waals surface area contributed by atoms with E-state index in [1.165, 1.54) is 12.1 Å². The number of hydrogen-bond acceptors (Lipinski definition) is 4. The van der Waals surface area contributed by atoms with Crippen molar-refractivity contribution in [2.45, 2.75) is 19.6 Å². The van der Waals surface area contributed by atoms with Crippen molar-refractivity contribution in [3.63, 3.8) is 0 Å². The summed E-state index contributed by atoms with van der Waals surface area (Å²) in [6.07, 6.45) is 0. The lowest BCUT2D eigenvalue weighted by Gasteiger charge is -2.28. The number of benzene rings is 2. The molecule has 1 unspecified atom stereocenters. The normalized spacial score (nSPS) is 12.8. The lowest BCUT2D eigenvalue weighted by molar-refractivity contribution is 0.214. The number of halogens is 2. The van der Waals surface area contributed by atoms with Gasteiger partial charge in [-0.3, -0.25) is 4.57 Å². The van der Waals surface area contributed by atoms with Gasteiger partial charge in [0.2, 0.25) is 0 Å². The molecule has 0 heterocycles. The highest BCUT2D eigenvalue weighted by atomic mass is 35.5. The summed E-state index contributed by atoms with van der Waals surface area (Å²) in [4.78, 5) is 0. The first-order valence-corrected chi connectivity index (χ1v) is 9.64.